The van der Waals surface area contributed by atoms with Gasteiger partial charge in [-0.05, 0) is 29.8 Å². The molecule has 1 aliphatic heterocycles. The monoisotopic (exact) mass is 406 g/mol. The molecule has 2 aromatic carbocycles. The number of para-hydroxylation sites is 1. The number of hydrogen-bond donors (Lipinski definition) is 1. The molecule has 5 nitrogen and oxygen atoms in total. The molecule has 0 atom stereocenters. The van der Waals surface area contributed by atoms with Gasteiger partial charge in [-0.2, -0.15) is 13.2 Å². The maximum absolute atomic E-state index is 13.8. The molecule has 0 aliphatic carbocycles. The van der Waals surface area contributed by atoms with Gasteiger partial charge < -0.3 is 9.88 Å². The standard InChI is InChI=1S/C20H18F4N4O/c21-15-2-1-3-16-17(15)26-18(25-16)19(29)28-10-8-27(9-11-28)12-13-4-6-14(7-5-13)20(22,23)24/h1-7H,8-12H2,(H,25,26). The van der Waals surface area contributed by atoms with Crippen LogP contribution in [-0.4, -0.2) is 51.9 Å². The Bertz CT molecular complexity index is 1020. The fourth-order valence-electron chi connectivity index (χ4n) is 3.41. The van der Waals surface area contributed by atoms with Crippen LogP contribution in [0.25, 0.3) is 11.0 Å². The summed E-state index contributed by atoms with van der Waals surface area (Å²) in [6.07, 6.45) is -4.34. The molecule has 0 spiro atoms. The number of hydrogen-bond acceptors (Lipinski definition) is 3. The minimum absolute atomic E-state index is 0.0984. The smallest absolute Gasteiger partial charge is 0.334 e. The second-order valence-electron chi connectivity index (χ2n) is 6.98. The van der Waals surface area contributed by atoms with Crippen molar-refractivity contribution in [3.8, 4) is 0 Å². The highest BCUT2D eigenvalue weighted by Gasteiger charge is 2.30. The van der Waals surface area contributed by atoms with Crippen molar-refractivity contribution >= 4 is 16.9 Å². The summed E-state index contributed by atoms with van der Waals surface area (Å²) in [7, 11) is 0. The van der Waals surface area contributed by atoms with Crippen LogP contribution in [0.4, 0.5) is 17.6 Å². The van der Waals surface area contributed by atoms with Gasteiger partial charge in [0.2, 0.25) is 0 Å². The van der Waals surface area contributed by atoms with E-state index >= 15 is 0 Å². The van der Waals surface area contributed by atoms with Crippen molar-refractivity contribution in [2.75, 3.05) is 26.2 Å². The summed E-state index contributed by atoms with van der Waals surface area (Å²) in [6, 6.07) is 9.60. The maximum Gasteiger partial charge on any atom is 0.416 e. The summed E-state index contributed by atoms with van der Waals surface area (Å²) >= 11 is 0. The van der Waals surface area contributed by atoms with Gasteiger partial charge in [-0.1, -0.05) is 18.2 Å². The van der Waals surface area contributed by atoms with Crippen molar-refractivity contribution in [3.05, 3.63) is 65.2 Å². The fourth-order valence-corrected chi connectivity index (χ4v) is 3.41. The molecular formula is C20H18F4N4O. The predicted octanol–water partition coefficient (Wildman–Crippen LogP) is 3.68. The lowest BCUT2D eigenvalue weighted by atomic mass is 10.1. The highest BCUT2D eigenvalue weighted by Crippen LogP contribution is 2.29. The Balaban J connectivity index is 1.36. The van der Waals surface area contributed by atoms with Crippen molar-refractivity contribution in [1.82, 2.24) is 19.8 Å². The first-order chi connectivity index (χ1) is 13.8. The Morgan fingerprint density at radius 3 is 2.34 bits per heavy atom. The highest BCUT2D eigenvalue weighted by molar-refractivity contribution is 5.94. The summed E-state index contributed by atoms with van der Waals surface area (Å²) in [5, 5.41) is 0. The minimum atomic E-state index is -4.34. The molecule has 152 valence electrons. The third kappa shape index (κ3) is 4.09. The van der Waals surface area contributed by atoms with Gasteiger partial charge in [0.25, 0.3) is 5.91 Å². The first kappa shape index (κ1) is 19.4. The van der Waals surface area contributed by atoms with Gasteiger partial charge in [-0.15, -0.1) is 0 Å². The van der Waals surface area contributed by atoms with Crippen LogP contribution >= 0.6 is 0 Å². The number of nitrogens with zero attached hydrogens (tertiary/aromatic N) is 3. The van der Waals surface area contributed by atoms with Gasteiger partial charge in [0.1, 0.15) is 5.52 Å². The van der Waals surface area contributed by atoms with Crippen LogP contribution in [0.2, 0.25) is 0 Å². The van der Waals surface area contributed by atoms with Gasteiger partial charge in [0.15, 0.2) is 11.6 Å². The van der Waals surface area contributed by atoms with Gasteiger partial charge in [0.05, 0.1) is 11.1 Å². The molecule has 9 heteroatoms. The molecule has 0 unspecified atom stereocenters. The average molecular weight is 406 g/mol. The van der Waals surface area contributed by atoms with Crippen molar-refractivity contribution < 1.29 is 22.4 Å². The lowest BCUT2D eigenvalue weighted by Crippen LogP contribution is -2.48. The largest absolute Gasteiger partial charge is 0.416 e. The second kappa shape index (κ2) is 7.47. The molecule has 2 heterocycles. The summed E-state index contributed by atoms with van der Waals surface area (Å²) in [5.41, 5.74) is 0.718. The van der Waals surface area contributed by atoms with E-state index in [1.54, 1.807) is 17.0 Å². The molecule has 1 saturated heterocycles. The van der Waals surface area contributed by atoms with E-state index < -0.39 is 17.6 Å². The molecule has 1 fully saturated rings. The van der Waals surface area contributed by atoms with Crippen LogP contribution in [0, 0.1) is 5.82 Å². The first-order valence-corrected chi connectivity index (χ1v) is 9.13. The summed E-state index contributed by atoms with van der Waals surface area (Å²) in [5.74, 6) is -0.685. The molecule has 0 bridgehead atoms. The number of halogens is 4. The Labute approximate surface area is 163 Å². The number of aromatic nitrogens is 2. The molecule has 1 aliphatic rings. The predicted molar refractivity (Wildman–Crippen MR) is 98.7 cm³/mol. The molecule has 4 rings (SSSR count). The minimum Gasteiger partial charge on any atom is -0.334 e. The van der Waals surface area contributed by atoms with E-state index in [0.717, 1.165) is 17.7 Å². The van der Waals surface area contributed by atoms with E-state index in [4.69, 9.17) is 0 Å². The summed E-state index contributed by atoms with van der Waals surface area (Å²) < 4.78 is 51.7. The van der Waals surface area contributed by atoms with Gasteiger partial charge in [-0.3, -0.25) is 9.69 Å². The molecule has 0 saturated carbocycles. The fraction of sp³-hybridized carbons (Fsp3) is 0.300. The number of rotatable bonds is 3. The number of imidazole rings is 1. The van der Waals surface area contributed by atoms with Crippen LogP contribution < -0.4 is 0 Å². The number of aromatic amines is 1. The zero-order valence-corrected chi connectivity index (χ0v) is 15.3. The Morgan fingerprint density at radius 1 is 1.03 bits per heavy atom. The number of carbonyl (C=O) groups is 1. The quantitative estimate of drug-likeness (QED) is 0.676. The van der Waals surface area contributed by atoms with Crippen molar-refractivity contribution in [3.63, 3.8) is 0 Å². The molecular weight excluding hydrogens is 388 g/mol. The van der Waals surface area contributed by atoms with E-state index in [0.29, 0.717) is 38.2 Å². The summed E-state index contributed by atoms with van der Waals surface area (Å²) in [6.45, 7) is 2.59. The number of fused-ring (bicyclic) bond motifs is 1. The van der Waals surface area contributed by atoms with Crippen LogP contribution in [0.5, 0.6) is 0 Å². The van der Waals surface area contributed by atoms with Crippen LogP contribution in [-0.2, 0) is 12.7 Å². The average Bonchev–Trinajstić information content (AvgIpc) is 3.14. The first-order valence-electron chi connectivity index (χ1n) is 9.13. The topological polar surface area (TPSA) is 52.2 Å². The van der Waals surface area contributed by atoms with Crippen molar-refractivity contribution in [1.29, 1.82) is 0 Å². The van der Waals surface area contributed by atoms with Gasteiger partial charge >= 0.3 is 6.18 Å². The lowest BCUT2D eigenvalue weighted by Gasteiger charge is -2.34. The van der Waals surface area contributed by atoms with Crippen molar-refractivity contribution in [2.24, 2.45) is 0 Å². The van der Waals surface area contributed by atoms with E-state index in [1.165, 1.54) is 18.2 Å². The Hall–Kier alpha value is -2.94. The molecule has 1 aromatic heterocycles. The number of H-pyrrole nitrogens is 1. The van der Waals surface area contributed by atoms with Gasteiger partial charge in [0, 0.05) is 32.7 Å². The zero-order valence-electron chi connectivity index (χ0n) is 15.3. The molecule has 3 aromatic rings. The number of carbonyl (C=O) groups excluding carboxylic acids is 1. The third-order valence-electron chi connectivity index (χ3n) is 5.01. The second-order valence-corrected chi connectivity index (χ2v) is 6.98. The highest BCUT2D eigenvalue weighted by atomic mass is 19.4. The number of nitrogens with one attached hydrogen (secondary N) is 1. The normalized spacial score (nSPS) is 15.8. The molecule has 1 amide bonds. The number of amides is 1. The Morgan fingerprint density at radius 2 is 1.72 bits per heavy atom. The molecule has 1 N–H and O–H groups in total. The third-order valence-corrected chi connectivity index (χ3v) is 5.01. The van der Waals surface area contributed by atoms with E-state index in [1.807, 2.05) is 0 Å². The maximum atomic E-state index is 13.8. The zero-order chi connectivity index (χ0) is 20.6. The van der Waals surface area contributed by atoms with Crippen LogP contribution in [0.1, 0.15) is 21.7 Å². The number of piperazine rings is 1. The number of benzene rings is 2. The van der Waals surface area contributed by atoms with Crippen molar-refractivity contribution in [2.45, 2.75) is 12.7 Å². The number of alkyl halides is 3. The van der Waals surface area contributed by atoms with E-state index in [-0.39, 0.29) is 17.2 Å². The molecule has 0 radical (unpaired) electrons. The van der Waals surface area contributed by atoms with E-state index in [9.17, 15) is 22.4 Å². The summed E-state index contributed by atoms with van der Waals surface area (Å²) in [4.78, 5) is 23.3. The Kier molecular flexibility index (Phi) is 4.99. The van der Waals surface area contributed by atoms with E-state index in [2.05, 4.69) is 14.9 Å². The van der Waals surface area contributed by atoms with Gasteiger partial charge in [-0.25, -0.2) is 9.37 Å². The van der Waals surface area contributed by atoms with Crippen LogP contribution in [0.3, 0.4) is 0 Å². The van der Waals surface area contributed by atoms with Crippen LogP contribution in [0.15, 0.2) is 42.5 Å². The SMILES string of the molecule is O=C(c1nc2c(F)cccc2[nH]1)N1CCN(Cc2ccc(C(F)(F)F)cc2)CC1. The lowest BCUT2D eigenvalue weighted by molar-refractivity contribution is -0.137. The molecule has 29 heavy (non-hydrogen) atoms.